The maximum Gasteiger partial charge on any atom is 0.290 e. The average molecular weight is 182 g/mol. The van der Waals surface area contributed by atoms with Crippen molar-refractivity contribution >= 4 is 12.9 Å². The van der Waals surface area contributed by atoms with Crippen LogP contribution in [-0.2, 0) is 9.59 Å². The predicted molar refractivity (Wildman–Crippen MR) is 40.8 cm³/mol. The Hall–Kier alpha value is -1.14. The molecule has 12 heavy (non-hydrogen) atoms. The summed E-state index contributed by atoms with van der Waals surface area (Å²) in [5.41, 5.74) is 0. The summed E-state index contributed by atoms with van der Waals surface area (Å²) in [4.78, 5) is 16.7. The summed E-state index contributed by atoms with van der Waals surface area (Å²) >= 11 is 0. The van der Waals surface area contributed by atoms with Crippen LogP contribution in [0, 0.1) is 0 Å². The van der Waals surface area contributed by atoms with E-state index in [4.69, 9.17) is 30.0 Å². The number of aliphatic hydroxyl groups excluding tert-OH is 2. The Morgan fingerprint density at radius 1 is 0.833 bits per heavy atom. The second-order valence-corrected chi connectivity index (χ2v) is 1.37. The van der Waals surface area contributed by atoms with Gasteiger partial charge in [-0.05, 0) is 12.8 Å². The van der Waals surface area contributed by atoms with Gasteiger partial charge in [-0.1, -0.05) is 0 Å². The Bertz CT molecular complexity index is 64.4. The van der Waals surface area contributed by atoms with Crippen molar-refractivity contribution in [2.45, 2.75) is 12.8 Å². The fourth-order valence-electron chi connectivity index (χ4n) is 0.224. The van der Waals surface area contributed by atoms with Crippen LogP contribution >= 0.6 is 0 Å². The fourth-order valence-corrected chi connectivity index (χ4v) is 0.224. The Labute approximate surface area is 70.1 Å². The van der Waals surface area contributed by atoms with E-state index in [1.54, 1.807) is 0 Å². The average Bonchev–Trinajstić information content (AvgIpc) is 2.04. The van der Waals surface area contributed by atoms with E-state index in [9.17, 15) is 0 Å². The highest BCUT2D eigenvalue weighted by molar-refractivity contribution is 5.32. The molecule has 0 aliphatic carbocycles. The molecule has 0 aliphatic rings. The van der Waals surface area contributed by atoms with Gasteiger partial charge < -0.3 is 20.4 Å². The molecule has 0 rings (SSSR count). The lowest BCUT2D eigenvalue weighted by molar-refractivity contribution is -0.123. The van der Waals surface area contributed by atoms with Gasteiger partial charge in [-0.25, -0.2) is 0 Å². The van der Waals surface area contributed by atoms with Crippen LogP contribution in [0.2, 0.25) is 0 Å². The van der Waals surface area contributed by atoms with Crippen LogP contribution in [0.15, 0.2) is 0 Å². The van der Waals surface area contributed by atoms with Crippen LogP contribution in [0.5, 0.6) is 0 Å². The Kier molecular flexibility index (Phi) is 46.7. The zero-order valence-electron chi connectivity index (χ0n) is 6.59. The van der Waals surface area contributed by atoms with Crippen molar-refractivity contribution in [3.8, 4) is 0 Å². The largest absolute Gasteiger partial charge is 0.483 e. The Morgan fingerprint density at radius 3 is 1.08 bits per heavy atom. The fraction of sp³-hybridized carbons (Fsp3) is 0.667. The Morgan fingerprint density at radius 2 is 1.00 bits per heavy atom. The van der Waals surface area contributed by atoms with Gasteiger partial charge in [-0.15, -0.1) is 0 Å². The lowest BCUT2D eigenvalue weighted by atomic mass is 10.3. The molecule has 4 N–H and O–H groups in total. The summed E-state index contributed by atoms with van der Waals surface area (Å²) in [6.07, 6.45) is 1.44. The number of aliphatic hydroxyl groups is 2. The molecule has 74 valence electrons. The van der Waals surface area contributed by atoms with E-state index in [0.717, 1.165) is 12.8 Å². The lowest BCUT2D eigenvalue weighted by Gasteiger charge is -1.85. The maximum atomic E-state index is 8.36. The van der Waals surface area contributed by atoms with E-state index >= 15 is 0 Å². The van der Waals surface area contributed by atoms with Gasteiger partial charge >= 0.3 is 0 Å². The van der Waals surface area contributed by atoms with Crippen molar-refractivity contribution in [1.29, 1.82) is 0 Å². The number of carboxylic acid groups (broad SMARTS) is 2. The highest BCUT2D eigenvalue weighted by Gasteiger charge is 1.77. The molecule has 0 amide bonds. The van der Waals surface area contributed by atoms with Crippen LogP contribution < -0.4 is 0 Å². The summed E-state index contributed by atoms with van der Waals surface area (Å²) in [6, 6.07) is 0. The molecule has 0 unspecified atom stereocenters. The predicted octanol–water partition coefficient (Wildman–Crippen LogP) is -0.847. The van der Waals surface area contributed by atoms with Crippen molar-refractivity contribution in [2.75, 3.05) is 13.2 Å². The number of rotatable bonds is 3. The monoisotopic (exact) mass is 182 g/mol. The van der Waals surface area contributed by atoms with Crippen molar-refractivity contribution in [1.82, 2.24) is 0 Å². The molecule has 0 saturated heterocycles. The molecule has 0 saturated carbocycles. The highest BCUT2D eigenvalue weighted by Crippen LogP contribution is 1.80. The minimum atomic E-state index is -0.250. The molecule has 0 aromatic carbocycles. The molecule has 0 aromatic rings. The lowest BCUT2D eigenvalue weighted by Crippen LogP contribution is -1.85. The zero-order valence-corrected chi connectivity index (χ0v) is 6.59. The van der Waals surface area contributed by atoms with E-state index in [1.807, 2.05) is 0 Å². The summed E-state index contributed by atoms with van der Waals surface area (Å²) in [7, 11) is 0. The minimum absolute atomic E-state index is 0.195. The highest BCUT2D eigenvalue weighted by atomic mass is 16.3. The van der Waals surface area contributed by atoms with E-state index in [1.165, 1.54) is 0 Å². The van der Waals surface area contributed by atoms with E-state index in [0.29, 0.717) is 0 Å². The van der Waals surface area contributed by atoms with Crippen LogP contribution in [0.4, 0.5) is 0 Å². The third-order valence-electron chi connectivity index (χ3n) is 0.566. The van der Waals surface area contributed by atoms with E-state index in [-0.39, 0.29) is 26.2 Å². The van der Waals surface area contributed by atoms with Gasteiger partial charge in [0.25, 0.3) is 12.9 Å². The quantitative estimate of drug-likeness (QED) is 0.334. The molecule has 0 bridgehead atoms. The molecule has 0 heterocycles. The van der Waals surface area contributed by atoms with E-state index in [2.05, 4.69) is 0 Å². The molecule has 6 heteroatoms. The van der Waals surface area contributed by atoms with Crippen LogP contribution in [-0.4, -0.2) is 46.6 Å². The van der Waals surface area contributed by atoms with Crippen LogP contribution in [0.3, 0.4) is 0 Å². The molecule has 0 radical (unpaired) electrons. The molecular formula is C6H14O6. The van der Waals surface area contributed by atoms with Gasteiger partial charge in [-0.2, -0.15) is 0 Å². The number of hydrogen-bond acceptors (Lipinski definition) is 4. The molecule has 0 spiro atoms. The zero-order chi connectivity index (χ0) is 10.2. The molecule has 0 aliphatic heterocycles. The maximum absolute atomic E-state index is 8.36. The smallest absolute Gasteiger partial charge is 0.290 e. The first-order valence-electron chi connectivity index (χ1n) is 3.12. The number of unbranched alkanes of at least 4 members (excludes halogenated alkanes) is 1. The molecular weight excluding hydrogens is 168 g/mol. The van der Waals surface area contributed by atoms with Crippen molar-refractivity contribution in [3.05, 3.63) is 0 Å². The minimum Gasteiger partial charge on any atom is -0.483 e. The van der Waals surface area contributed by atoms with Crippen LogP contribution in [0.1, 0.15) is 12.8 Å². The van der Waals surface area contributed by atoms with Gasteiger partial charge in [0.05, 0.1) is 0 Å². The van der Waals surface area contributed by atoms with Gasteiger partial charge in [0.2, 0.25) is 0 Å². The first kappa shape index (κ1) is 17.1. The van der Waals surface area contributed by atoms with Gasteiger partial charge in [0, 0.05) is 13.2 Å². The normalized spacial score (nSPS) is 6.50. The first-order chi connectivity index (χ1) is 5.74. The standard InChI is InChI=1S/C4H10O2.2CH2O2/c5-3-1-2-4-6;2*2-1-3/h5-6H,1-4H2;2*1H,(H,2,3). The van der Waals surface area contributed by atoms with Crippen molar-refractivity contribution in [2.24, 2.45) is 0 Å². The summed E-state index contributed by atoms with van der Waals surface area (Å²) < 4.78 is 0. The molecule has 6 nitrogen and oxygen atoms in total. The third kappa shape index (κ3) is 158. The van der Waals surface area contributed by atoms with Gasteiger partial charge in [0.15, 0.2) is 0 Å². The Balaban J connectivity index is -0.000000115. The van der Waals surface area contributed by atoms with Gasteiger partial charge in [-0.3, -0.25) is 9.59 Å². The summed E-state index contributed by atoms with van der Waals surface area (Å²) in [5.74, 6) is 0. The van der Waals surface area contributed by atoms with Gasteiger partial charge in [0.1, 0.15) is 0 Å². The molecule has 0 aromatic heterocycles. The number of carbonyl (C=O) groups is 2. The summed E-state index contributed by atoms with van der Waals surface area (Å²) in [5, 5.41) is 30.0. The second-order valence-electron chi connectivity index (χ2n) is 1.37. The summed E-state index contributed by atoms with van der Waals surface area (Å²) in [6.45, 7) is -0.110. The topological polar surface area (TPSA) is 115 Å². The van der Waals surface area contributed by atoms with E-state index < -0.39 is 0 Å². The molecule has 0 fully saturated rings. The second kappa shape index (κ2) is 32.8. The SMILES string of the molecule is O=CO.O=CO.OCCCCO. The van der Waals surface area contributed by atoms with Crippen LogP contribution in [0.25, 0.3) is 0 Å². The third-order valence-corrected chi connectivity index (χ3v) is 0.566. The van der Waals surface area contributed by atoms with Crippen molar-refractivity contribution in [3.63, 3.8) is 0 Å². The van der Waals surface area contributed by atoms with Crippen molar-refractivity contribution < 1.29 is 30.0 Å². The molecule has 0 atom stereocenters. The number of hydrogen-bond donors (Lipinski definition) is 4. The first-order valence-corrected chi connectivity index (χ1v) is 3.12.